The Labute approximate surface area is 178 Å². The maximum atomic E-state index is 10.7. The first-order valence-corrected chi connectivity index (χ1v) is 11.9. The number of hydrogen-bond acceptors (Lipinski definition) is 6. The summed E-state index contributed by atoms with van der Waals surface area (Å²) in [4.78, 5) is 0. The second kappa shape index (κ2) is 16.5. The van der Waals surface area contributed by atoms with Crippen molar-refractivity contribution in [2.75, 3.05) is 26.4 Å². The van der Waals surface area contributed by atoms with Gasteiger partial charge in [-0.3, -0.25) is 0 Å². The highest BCUT2D eigenvalue weighted by atomic mass is 16.7. The molecule has 0 aromatic carbocycles. The number of aliphatic hydroxyl groups excluding tert-OH is 1. The quantitative estimate of drug-likeness (QED) is 0.352. The van der Waals surface area contributed by atoms with Gasteiger partial charge in [-0.25, -0.2) is 0 Å². The maximum Gasteiger partial charge on any atom is 0.184 e. The molecule has 1 rings (SSSR count). The van der Waals surface area contributed by atoms with E-state index < -0.39 is 18.5 Å². The van der Waals surface area contributed by atoms with Crippen LogP contribution in [0.25, 0.3) is 0 Å². The lowest BCUT2D eigenvalue weighted by Crippen LogP contribution is -2.63. The van der Waals surface area contributed by atoms with E-state index in [0.717, 1.165) is 51.4 Å². The average Bonchev–Trinajstić information content (AvgIpc) is 2.71. The van der Waals surface area contributed by atoms with Crippen LogP contribution in [0.3, 0.4) is 0 Å². The van der Waals surface area contributed by atoms with Gasteiger partial charge in [0.1, 0.15) is 24.4 Å². The Hall–Kier alpha value is -0.240. The molecule has 0 aliphatic carbocycles. The smallest absolute Gasteiger partial charge is 0.184 e. The third kappa shape index (κ3) is 9.62. The SMILES string of the molecule is CCCCO[C@H]1[C@H](OCCCC)[C@@H]([C@@H](C)OCCCC)O[C@@H](O)[C@@H]1OCCCC. The summed E-state index contributed by atoms with van der Waals surface area (Å²) in [6, 6.07) is 0. The van der Waals surface area contributed by atoms with Gasteiger partial charge in [-0.2, -0.15) is 0 Å². The van der Waals surface area contributed by atoms with E-state index in [1.54, 1.807) is 0 Å². The molecule has 6 heteroatoms. The Morgan fingerprint density at radius 2 is 1.14 bits per heavy atom. The molecule has 0 aromatic heterocycles. The van der Waals surface area contributed by atoms with Crippen molar-refractivity contribution in [3.63, 3.8) is 0 Å². The Balaban J connectivity index is 2.95. The van der Waals surface area contributed by atoms with Gasteiger partial charge in [-0.15, -0.1) is 0 Å². The van der Waals surface area contributed by atoms with Gasteiger partial charge in [0.05, 0.1) is 6.10 Å². The fourth-order valence-electron chi connectivity index (χ4n) is 3.39. The van der Waals surface area contributed by atoms with Gasteiger partial charge >= 0.3 is 0 Å². The fraction of sp³-hybridized carbons (Fsp3) is 1.00. The molecule has 0 aromatic rings. The minimum Gasteiger partial charge on any atom is -0.376 e. The second-order valence-corrected chi connectivity index (χ2v) is 7.99. The molecule has 0 bridgehead atoms. The first-order valence-electron chi connectivity index (χ1n) is 11.9. The maximum absolute atomic E-state index is 10.7. The molecule has 0 spiro atoms. The Bertz CT molecular complexity index is 380. The minimum absolute atomic E-state index is 0.198. The highest BCUT2D eigenvalue weighted by Gasteiger charge is 2.49. The van der Waals surface area contributed by atoms with Crippen molar-refractivity contribution in [1.82, 2.24) is 0 Å². The zero-order chi connectivity index (χ0) is 21.5. The van der Waals surface area contributed by atoms with Gasteiger partial charge in [0.25, 0.3) is 0 Å². The summed E-state index contributed by atoms with van der Waals surface area (Å²) in [5.74, 6) is 0. The number of aliphatic hydroxyl groups is 1. The van der Waals surface area contributed by atoms with Crippen LogP contribution in [-0.4, -0.2) is 68.3 Å². The Kier molecular flexibility index (Phi) is 15.2. The van der Waals surface area contributed by atoms with Crippen molar-refractivity contribution in [3.8, 4) is 0 Å². The number of hydrogen-bond donors (Lipinski definition) is 1. The molecular weight excluding hydrogens is 372 g/mol. The molecule has 0 saturated carbocycles. The van der Waals surface area contributed by atoms with Crippen LogP contribution in [0.5, 0.6) is 0 Å². The highest BCUT2D eigenvalue weighted by molar-refractivity contribution is 4.94. The lowest BCUT2D eigenvalue weighted by atomic mass is 9.95. The third-order valence-electron chi connectivity index (χ3n) is 5.31. The van der Waals surface area contributed by atoms with E-state index in [2.05, 4.69) is 27.7 Å². The van der Waals surface area contributed by atoms with Crippen molar-refractivity contribution in [2.24, 2.45) is 0 Å². The molecule has 6 atom stereocenters. The number of unbranched alkanes of at least 4 members (excludes halogenated alkanes) is 4. The van der Waals surface area contributed by atoms with Crippen molar-refractivity contribution in [2.45, 2.75) is 123 Å². The standard InChI is InChI=1S/C23H46O6/c1-6-10-14-25-18(5)19-20(26-15-11-7-2)21(27-16-12-8-3)22(23(24)29-19)28-17-13-9-4/h18-24H,6-17H2,1-5H3/t18-,19-,20-,21+,22-,23-/m1/s1. The normalized spacial score (nSPS) is 28.6. The van der Waals surface area contributed by atoms with Crippen molar-refractivity contribution in [3.05, 3.63) is 0 Å². The van der Waals surface area contributed by atoms with Gasteiger partial charge in [0.2, 0.25) is 0 Å². The van der Waals surface area contributed by atoms with Gasteiger partial charge in [-0.05, 0) is 32.6 Å². The zero-order valence-corrected chi connectivity index (χ0v) is 19.4. The van der Waals surface area contributed by atoms with Gasteiger partial charge in [-0.1, -0.05) is 53.4 Å². The van der Waals surface area contributed by atoms with Crippen molar-refractivity contribution in [1.29, 1.82) is 0 Å². The summed E-state index contributed by atoms with van der Waals surface area (Å²) in [5, 5.41) is 10.7. The molecule has 174 valence electrons. The molecule has 1 aliphatic heterocycles. The lowest BCUT2D eigenvalue weighted by molar-refractivity contribution is -0.320. The summed E-state index contributed by atoms with van der Waals surface area (Å²) in [6.07, 6.45) is 5.20. The van der Waals surface area contributed by atoms with Crippen LogP contribution in [0.1, 0.15) is 86.0 Å². The monoisotopic (exact) mass is 418 g/mol. The minimum atomic E-state index is -1.05. The van der Waals surface area contributed by atoms with E-state index in [4.69, 9.17) is 23.7 Å². The van der Waals surface area contributed by atoms with E-state index in [1.807, 2.05) is 6.92 Å². The van der Waals surface area contributed by atoms with Crippen molar-refractivity contribution < 1.29 is 28.8 Å². The van der Waals surface area contributed by atoms with E-state index in [9.17, 15) is 5.11 Å². The molecule has 29 heavy (non-hydrogen) atoms. The summed E-state index contributed by atoms with van der Waals surface area (Å²) in [5.41, 5.74) is 0. The predicted octanol–water partition coefficient (Wildman–Crippen LogP) is 4.46. The molecule has 0 amide bonds. The van der Waals surface area contributed by atoms with E-state index in [0.29, 0.717) is 26.4 Å². The molecule has 1 fully saturated rings. The molecule has 1 saturated heterocycles. The third-order valence-corrected chi connectivity index (χ3v) is 5.31. The van der Waals surface area contributed by atoms with Gasteiger partial charge in [0.15, 0.2) is 6.29 Å². The fourth-order valence-corrected chi connectivity index (χ4v) is 3.39. The Morgan fingerprint density at radius 3 is 1.66 bits per heavy atom. The van der Waals surface area contributed by atoms with Gasteiger partial charge in [0, 0.05) is 26.4 Å². The van der Waals surface area contributed by atoms with Crippen LogP contribution in [0.2, 0.25) is 0 Å². The summed E-state index contributed by atoms with van der Waals surface area (Å²) in [7, 11) is 0. The largest absolute Gasteiger partial charge is 0.376 e. The van der Waals surface area contributed by atoms with Crippen LogP contribution in [0.15, 0.2) is 0 Å². The molecular formula is C23H46O6. The molecule has 0 radical (unpaired) electrons. The van der Waals surface area contributed by atoms with E-state index >= 15 is 0 Å². The van der Waals surface area contributed by atoms with Crippen LogP contribution in [-0.2, 0) is 23.7 Å². The molecule has 1 heterocycles. The lowest BCUT2D eigenvalue weighted by Gasteiger charge is -2.46. The number of ether oxygens (including phenoxy) is 5. The second-order valence-electron chi connectivity index (χ2n) is 7.99. The van der Waals surface area contributed by atoms with Crippen LogP contribution < -0.4 is 0 Å². The van der Waals surface area contributed by atoms with Crippen molar-refractivity contribution >= 4 is 0 Å². The van der Waals surface area contributed by atoms with Crippen LogP contribution in [0.4, 0.5) is 0 Å². The zero-order valence-electron chi connectivity index (χ0n) is 19.4. The predicted molar refractivity (Wildman–Crippen MR) is 115 cm³/mol. The topological polar surface area (TPSA) is 66.4 Å². The molecule has 6 nitrogen and oxygen atoms in total. The van der Waals surface area contributed by atoms with Gasteiger partial charge < -0.3 is 28.8 Å². The number of rotatable bonds is 17. The first-order chi connectivity index (χ1) is 14.1. The Morgan fingerprint density at radius 1 is 0.690 bits per heavy atom. The molecule has 1 aliphatic rings. The molecule has 1 N–H and O–H groups in total. The van der Waals surface area contributed by atoms with E-state index in [1.165, 1.54) is 0 Å². The van der Waals surface area contributed by atoms with Crippen LogP contribution >= 0.6 is 0 Å². The van der Waals surface area contributed by atoms with Crippen LogP contribution in [0, 0.1) is 0 Å². The van der Waals surface area contributed by atoms with E-state index in [-0.39, 0.29) is 18.3 Å². The average molecular weight is 419 g/mol. The highest BCUT2D eigenvalue weighted by Crippen LogP contribution is 2.30. The summed E-state index contributed by atoms with van der Waals surface area (Å²) in [6.45, 7) is 13.0. The molecule has 0 unspecified atom stereocenters. The summed E-state index contributed by atoms with van der Waals surface area (Å²) >= 11 is 0. The first kappa shape index (κ1) is 26.8. The summed E-state index contributed by atoms with van der Waals surface area (Å²) < 4.78 is 30.5.